The summed E-state index contributed by atoms with van der Waals surface area (Å²) < 4.78 is 0. The van der Waals surface area contributed by atoms with Crippen LogP contribution in [0.15, 0.2) is 11.6 Å². The molecule has 5 rings (SSSR count). The Morgan fingerprint density at radius 3 is 2.28 bits per heavy atom. The number of Topliss-reactive ketones (excluding diaryl/α,β-unsaturated/α-hetero) is 1. The van der Waals surface area contributed by atoms with Crippen LogP contribution < -0.4 is 0 Å². The van der Waals surface area contributed by atoms with E-state index in [9.17, 15) is 9.59 Å². The number of ketones is 2. The summed E-state index contributed by atoms with van der Waals surface area (Å²) in [6.07, 6.45) is 13.9. The molecular formula is C30H46O2. The number of fused-ring (bicyclic) bond motifs is 2. The molecule has 0 radical (unpaired) electrons. The average Bonchev–Trinajstić information content (AvgIpc) is 3.27. The standard InChI is InChI=1S/C30H46O2/c1-19(2)16-21(31)17-20(3)22-10-12-28(7)24-9-8-23-26(4,5)25(32)11-13-29(23)18-30(24,29)15-14-27(22,28)6/h16,20,22-24H,8-15,17-18H2,1-7H3/t20-,22-,23-,24+,27-,28+,29-,30+/m1/s1. The van der Waals surface area contributed by atoms with Crippen molar-refractivity contribution in [2.24, 2.45) is 50.7 Å². The van der Waals surface area contributed by atoms with Crippen molar-refractivity contribution >= 4 is 11.6 Å². The SMILES string of the molecule is CC(C)=CC(=O)C[C@@H](C)[C@H]1CC[C@@]2(C)[C@@H]3CC[C@@H]4C(C)(C)C(=O)CC[C@@]45C[C@@]35CC[C@]12C. The Hall–Kier alpha value is -0.920. The van der Waals surface area contributed by atoms with Crippen LogP contribution >= 0.6 is 0 Å². The molecule has 0 amide bonds. The second kappa shape index (κ2) is 6.82. The van der Waals surface area contributed by atoms with Gasteiger partial charge in [-0.05, 0) is 117 Å². The van der Waals surface area contributed by atoms with Gasteiger partial charge in [-0.3, -0.25) is 9.59 Å². The van der Waals surface area contributed by atoms with Crippen LogP contribution in [-0.4, -0.2) is 11.6 Å². The van der Waals surface area contributed by atoms with Crippen molar-refractivity contribution in [3.8, 4) is 0 Å². The molecule has 2 nitrogen and oxygen atoms in total. The smallest absolute Gasteiger partial charge is 0.155 e. The van der Waals surface area contributed by atoms with Gasteiger partial charge in [0, 0.05) is 18.3 Å². The van der Waals surface area contributed by atoms with Gasteiger partial charge >= 0.3 is 0 Å². The van der Waals surface area contributed by atoms with E-state index in [0.717, 1.165) is 17.9 Å². The van der Waals surface area contributed by atoms with Crippen molar-refractivity contribution in [3.63, 3.8) is 0 Å². The highest BCUT2D eigenvalue weighted by molar-refractivity contribution is 5.90. The van der Waals surface area contributed by atoms with Gasteiger partial charge in [-0.25, -0.2) is 0 Å². The fourth-order valence-electron chi connectivity index (χ4n) is 11.0. The average molecular weight is 439 g/mol. The first-order chi connectivity index (χ1) is 14.8. The molecule has 2 heteroatoms. The molecule has 0 unspecified atom stereocenters. The minimum absolute atomic E-state index is 0.119. The third-order valence-electron chi connectivity index (χ3n) is 12.6. The zero-order chi connectivity index (χ0) is 23.3. The Balaban J connectivity index is 1.42. The lowest BCUT2D eigenvalue weighted by Crippen LogP contribution is -2.57. The summed E-state index contributed by atoms with van der Waals surface area (Å²) in [6.45, 7) is 16.2. The zero-order valence-electron chi connectivity index (χ0n) is 21.8. The lowest BCUT2D eigenvalue weighted by atomic mass is 9.42. The molecule has 0 aromatic rings. The summed E-state index contributed by atoms with van der Waals surface area (Å²) in [6, 6.07) is 0. The van der Waals surface area contributed by atoms with Gasteiger partial charge in [-0.1, -0.05) is 40.2 Å². The quantitative estimate of drug-likeness (QED) is 0.424. The van der Waals surface area contributed by atoms with E-state index in [2.05, 4.69) is 34.6 Å². The van der Waals surface area contributed by atoms with E-state index in [4.69, 9.17) is 0 Å². The van der Waals surface area contributed by atoms with Crippen LogP contribution in [0.2, 0.25) is 0 Å². The highest BCUT2D eigenvalue weighted by Crippen LogP contribution is 2.88. The minimum atomic E-state index is -0.119. The second-order valence-corrected chi connectivity index (χ2v) is 14.2. The highest BCUT2D eigenvalue weighted by atomic mass is 16.1. The first-order valence-electron chi connectivity index (χ1n) is 13.6. The number of hydrogen-bond donors (Lipinski definition) is 0. The summed E-state index contributed by atoms with van der Waals surface area (Å²) in [5.74, 6) is 3.40. The van der Waals surface area contributed by atoms with Crippen molar-refractivity contribution in [2.45, 2.75) is 113 Å². The van der Waals surface area contributed by atoms with Gasteiger partial charge in [0.1, 0.15) is 5.78 Å². The Morgan fingerprint density at radius 1 is 0.938 bits per heavy atom. The second-order valence-electron chi connectivity index (χ2n) is 14.2. The van der Waals surface area contributed by atoms with E-state index in [-0.39, 0.29) is 5.41 Å². The molecule has 5 aliphatic rings. The maximum Gasteiger partial charge on any atom is 0.155 e. The number of hydrogen-bond acceptors (Lipinski definition) is 2. The molecule has 5 aliphatic carbocycles. The lowest BCUT2D eigenvalue weighted by molar-refractivity contribution is -0.157. The zero-order valence-corrected chi connectivity index (χ0v) is 21.8. The van der Waals surface area contributed by atoms with E-state index in [1.807, 2.05) is 19.9 Å². The number of allylic oxidation sites excluding steroid dienone is 2. The topological polar surface area (TPSA) is 34.1 Å². The molecule has 0 aromatic carbocycles. The summed E-state index contributed by atoms with van der Waals surface area (Å²) >= 11 is 0. The molecule has 0 heterocycles. The molecule has 0 N–H and O–H groups in total. The normalized spacial score (nSPS) is 49.2. The molecule has 0 bridgehead atoms. The summed E-state index contributed by atoms with van der Waals surface area (Å²) in [7, 11) is 0. The third-order valence-corrected chi connectivity index (χ3v) is 12.6. The predicted octanol–water partition coefficient (Wildman–Crippen LogP) is 7.56. The predicted molar refractivity (Wildman–Crippen MR) is 130 cm³/mol. The first kappa shape index (κ1) is 22.9. The van der Waals surface area contributed by atoms with Gasteiger partial charge in [0.05, 0.1) is 0 Å². The van der Waals surface area contributed by atoms with Gasteiger partial charge in [0.15, 0.2) is 5.78 Å². The fraction of sp³-hybridized carbons (Fsp3) is 0.867. The Labute approximate surface area is 196 Å². The highest BCUT2D eigenvalue weighted by Gasteiger charge is 2.82. The Kier molecular flexibility index (Phi) is 4.87. The first-order valence-corrected chi connectivity index (χ1v) is 13.6. The molecule has 5 fully saturated rings. The Bertz CT molecular complexity index is 877. The molecule has 5 saturated carbocycles. The van der Waals surface area contributed by atoms with Crippen LogP contribution in [0.3, 0.4) is 0 Å². The van der Waals surface area contributed by atoms with E-state index in [0.29, 0.717) is 57.4 Å². The third kappa shape index (κ3) is 2.65. The van der Waals surface area contributed by atoms with Crippen molar-refractivity contribution in [1.82, 2.24) is 0 Å². The van der Waals surface area contributed by atoms with Gasteiger partial charge in [-0.2, -0.15) is 0 Å². The van der Waals surface area contributed by atoms with Crippen LogP contribution in [0.4, 0.5) is 0 Å². The molecule has 0 aliphatic heterocycles. The maximum absolute atomic E-state index is 12.8. The molecule has 32 heavy (non-hydrogen) atoms. The van der Waals surface area contributed by atoms with Crippen LogP contribution in [-0.2, 0) is 9.59 Å². The molecule has 0 saturated heterocycles. The van der Waals surface area contributed by atoms with E-state index < -0.39 is 0 Å². The molecule has 0 aromatic heterocycles. The van der Waals surface area contributed by atoms with Crippen molar-refractivity contribution in [1.29, 1.82) is 0 Å². The summed E-state index contributed by atoms with van der Waals surface area (Å²) in [5, 5.41) is 0. The molecule has 8 atom stereocenters. The van der Waals surface area contributed by atoms with Crippen molar-refractivity contribution in [3.05, 3.63) is 11.6 Å². The van der Waals surface area contributed by atoms with Crippen molar-refractivity contribution < 1.29 is 9.59 Å². The van der Waals surface area contributed by atoms with Crippen LogP contribution in [0.5, 0.6) is 0 Å². The van der Waals surface area contributed by atoms with Gasteiger partial charge in [0.2, 0.25) is 0 Å². The Morgan fingerprint density at radius 2 is 1.59 bits per heavy atom. The maximum atomic E-state index is 12.8. The minimum Gasteiger partial charge on any atom is -0.299 e. The largest absolute Gasteiger partial charge is 0.299 e. The molecule has 2 spiro atoms. The number of carbonyl (C=O) groups excluding carboxylic acids is 2. The van der Waals surface area contributed by atoms with E-state index >= 15 is 0 Å². The fourth-order valence-corrected chi connectivity index (χ4v) is 11.0. The number of rotatable bonds is 4. The van der Waals surface area contributed by atoms with Crippen molar-refractivity contribution in [2.75, 3.05) is 0 Å². The number of carbonyl (C=O) groups is 2. The van der Waals surface area contributed by atoms with Crippen LogP contribution in [0, 0.1) is 50.7 Å². The summed E-state index contributed by atoms with van der Waals surface area (Å²) in [4.78, 5) is 25.4. The lowest BCUT2D eigenvalue weighted by Gasteiger charge is -2.62. The van der Waals surface area contributed by atoms with E-state index in [1.165, 1.54) is 51.4 Å². The van der Waals surface area contributed by atoms with Crippen LogP contribution in [0.1, 0.15) is 113 Å². The molecular weight excluding hydrogens is 392 g/mol. The monoisotopic (exact) mass is 438 g/mol. The van der Waals surface area contributed by atoms with Gasteiger partial charge in [-0.15, -0.1) is 0 Å². The van der Waals surface area contributed by atoms with Gasteiger partial charge in [0.25, 0.3) is 0 Å². The van der Waals surface area contributed by atoms with Crippen LogP contribution in [0.25, 0.3) is 0 Å². The molecule has 178 valence electrons. The van der Waals surface area contributed by atoms with E-state index in [1.54, 1.807) is 0 Å². The van der Waals surface area contributed by atoms with Gasteiger partial charge < -0.3 is 0 Å². The summed E-state index contributed by atoms with van der Waals surface area (Å²) in [5.41, 5.74) is 2.72.